The van der Waals surface area contributed by atoms with Gasteiger partial charge >= 0.3 is 0 Å². The topological polar surface area (TPSA) is 41.1 Å². The Labute approximate surface area is 110 Å². The Balaban J connectivity index is 2.55. The van der Waals surface area contributed by atoms with Crippen LogP contribution in [0.4, 0.5) is 5.69 Å². The van der Waals surface area contributed by atoms with Crippen LogP contribution in [0.15, 0.2) is 24.3 Å². The van der Waals surface area contributed by atoms with Crippen LogP contribution < -0.4 is 10.6 Å². The summed E-state index contributed by atoms with van der Waals surface area (Å²) in [6, 6.07) is 8.32. The molecule has 2 N–H and O–H groups in total. The van der Waals surface area contributed by atoms with Gasteiger partial charge in [0.1, 0.15) is 0 Å². The Kier molecular flexibility index (Phi) is 5.86. The molecule has 2 atom stereocenters. The van der Waals surface area contributed by atoms with E-state index in [2.05, 4.69) is 31.4 Å². The van der Waals surface area contributed by atoms with Crippen LogP contribution in [0.5, 0.6) is 0 Å². The SMILES string of the molecule is CCC(C)CC(=O)Nc1ccc(C(C)NC)cc1. The van der Waals surface area contributed by atoms with E-state index in [9.17, 15) is 4.79 Å². The monoisotopic (exact) mass is 248 g/mol. The maximum Gasteiger partial charge on any atom is 0.224 e. The van der Waals surface area contributed by atoms with Crippen LogP contribution in [0.1, 0.15) is 45.2 Å². The Bertz CT molecular complexity index is 373. The van der Waals surface area contributed by atoms with Crippen molar-refractivity contribution in [2.75, 3.05) is 12.4 Å². The predicted molar refractivity (Wildman–Crippen MR) is 76.6 cm³/mol. The fourth-order valence-corrected chi connectivity index (χ4v) is 1.69. The Morgan fingerprint density at radius 1 is 1.22 bits per heavy atom. The number of hydrogen-bond donors (Lipinski definition) is 2. The van der Waals surface area contributed by atoms with Crippen LogP contribution >= 0.6 is 0 Å². The molecule has 18 heavy (non-hydrogen) atoms. The fraction of sp³-hybridized carbons (Fsp3) is 0.533. The van der Waals surface area contributed by atoms with E-state index < -0.39 is 0 Å². The number of carbonyl (C=O) groups is 1. The molecule has 1 aromatic carbocycles. The summed E-state index contributed by atoms with van der Waals surface area (Å²) in [5, 5.41) is 6.12. The minimum absolute atomic E-state index is 0.0961. The van der Waals surface area contributed by atoms with Gasteiger partial charge in [0.05, 0.1) is 0 Å². The van der Waals surface area contributed by atoms with E-state index in [0.717, 1.165) is 12.1 Å². The van der Waals surface area contributed by atoms with Crippen LogP contribution in [0.25, 0.3) is 0 Å². The van der Waals surface area contributed by atoms with Crippen molar-refractivity contribution in [3.8, 4) is 0 Å². The van der Waals surface area contributed by atoms with Crippen molar-refractivity contribution in [2.45, 2.75) is 39.7 Å². The van der Waals surface area contributed by atoms with Crippen molar-refractivity contribution >= 4 is 11.6 Å². The molecule has 2 unspecified atom stereocenters. The molecule has 0 spiro atoms. The van der Waals surface area contributed by atoms with Gasteiger partial charge in [0.15, 0.2) is 0 Å². The van der Waals surface area contributed by atoms with Crippen LogP contribution in [0.2, 0.25) is 0 Å². The molecule has 1 aromatic rings. The van der Waals surface area contributed by atoms with Gasteiger partial charge in [-0.1, -0.05) is 32.4 Å². The molecule has 0 saturated heterocycles. The Hall–Kier alpha value is -1.35. The zero-order valence-corrected chi connectivity index (χ0v) is 11.8. The third kappa shape index (κ3) is 4.49. The van der Waals surface area contributed by atoms with E-state index in [1.165, 1.54) is 5.56 Å². The van der Waals surface area contributed by atoms with E-state index in [1.54, 1.807) is 0 Å². The van der Waals surface area contributed by atoms with Crippen molar-refractivity contribution in [1.29, 1.82) is 0 Å². The van der Waals surface area contributed by atoms with Crippen molar-refractivity contribution < 1.29 is 4.79 Å². The minimum atomic E-state index is 0.0961. The molecule has 0 fully saturated rings. The maximum atomic E-state index is 11.7. The van der Waals surface area contributed by atoms with Crippen molar-refractivity contribution in [1.82, 2.24) is 5.32 Å². The van der Waals surface area contributed by atoms with Gasteiger partial charge in [-0.05, 0) is 37.6 Å². The summed E-state index contributed by atoms with van der Waals surface area (Å²) in [4.78, 5) is 11.7. The smallest absolute Gasteiger partial charge is 0.224 e. The lowest BCUT2D eigenvalue weighted by atomic mass is 10.0. The van der Waals surface area contributed by atoms with Gasteiger partial charge < -0.3 is 10.6 Å². The molecule has 1 amide bonds. The normalized spacial score (nSPS) is 14.0. The minimum Gasteiger partial charge on any atom is -0.326 e. The molecule has 0 aliphatic heterocycles. The summed E-state index contributed by atoms with van der Waals surface area (Å²) in [5.41, 5.74) is 2.09. The summed E-state index contributed by atoms with van der Waals surface area (Å²) < 4.78 is 0. The lowest BCUT2D eigenvalue weighted by molar-refractivity contribution is -0.117. The molecule has 1 rings (SSSR count). The van der Waals surface area contributed by atoms with E-state index in [4.69, 9.17) is 0 Å². The lowest BCUT2D eigenvalue weighted by Gasteiger charge is -2.12. The average Bonchev–Trinajstić information content (AvgIpc) is 2.38. The standard InChI is InChI=1S/C15H24N2O/c1-5-11(2)10-15(18)17-14-8-6-13(7-9-14)12(3)16-4/h6-9,11-12,16H,5,10H2,1-4H3,(H,17,18). The van der Waals surface area contributed by atoms with Gasteiger partial charge in [-0.25, -0.2) is 0 Å². The number of hydrogen-bond acceptors (Lipinski definition) is 2. The first kappa shape index (κ1) is 14.7. The molecule has 0 saturated carbocycles. The van der Waals surface area contributed by atoms with Crippen molar-refractivity contribution in [3.63, 3.8) is 0 Å². The largest absolute Gasteiger partial charge is 0.326 e. The highest BCUT2D eigenvalue weighted by Gasteiger charge is 2.08. The molecule has 0 bridgehead atoms. The second-order valence-electron chi connectivity index (χ2n) is 4.90. The highest BCUT2D eigenvalue weighted by atomic mass is 16.1. The summed E-state index contributed by atoms with van der Waals surface area (Å²) in [6.45, 7) is 6.31. The lowest BCUT2D eigenvalue weighted by Crippen LogP contribution is -2.15. The zero-order chi connectivity index (χ0) is 13.5. The van der Waals surface area contributed by atoms with Gasteiger partial charge in [0.2, 0.25) is 5.91 Å². The Morgan fingerprint density at radius 3 is 2.33 bits per heavy atom. The average molecular weight is 248 g/mol. The molecular weight excluding hydrogens is 224 g/mol. The van der Waals surface area contributed by atoms with Crippen LogP contribution in [0.3, 0.4) is 0 Å². The Morgan fingerprint density at radius 2 is 1.83 bits per heavy atom. The zero-order valence-electron chi connectivity index (χ0n) is 11.8. The molecule has 0 aromatic heterocycles. The number of benzene rings is 1. The molecule has 100 valence electrons. The second-order valence-corrected chi connectivity index (χ2v) is 4.90. The first-order valence-corrected chi connectivity index (χ1v) is 6.63. The molecule has 0 aliphatic carbocycles. The molecule has 3 heteroatoms. The third-order valence-corrected chi connectivity index (χ3v) is 3.36. The van der Waals surface area contributed by atoms with E-state index >= 15 is 0 Å². The van der Waals surface area contributed by atoms with Crippen molar-refractivity contribution in [2.24, 2.45) is 5.92 Å². The van der Waals surface area contributed by atoms with Crippen LogP contribution in [0, 0.1) is 5.92 Å². The maximum absolute atomic E-state index is 11.7. The predicted octanol–water partition coefficient (Wildman–Crippen LogP) is 3.34. The molecule has 0 heterocycles. The summed E-state index contributed by atoms with van der Waals surface area (Å²) in [7, 11) is 1.94. The van der Waals surface area contributed by atoms with E-state index in [-0.39, 0.29) is 5.91 Å². The first-order valence-electron chi connectivity index (χ1n) is 6.63. The molecule has 3 nitrogen and oxygen atoms in total. The number of rotatable bonds is 6. The second kappa shape index (κ2) is 7.17. The number of anilines is 1. The highest BCUT2D eigenvalue weighted by Crippen LogP contribution is 2.16. The van der Waals surface area contributed by atoms with Gasteiger partial charge in [-0.2, -0.15) is 0 Å². The van der Waals surface area contributed by atoms with Gasteiger partial charge in [-0.3, -0.25) is 4.79 Å². The van der Waals surface area contributed by atoms with Crippen LogP contribution in [-0.2, 0) is 4.79 Å². The van der Waals surface area contributed by atoms with Gasteiger partial charge in [-0.15, -0.1) is 0 Å². The van der Waals surface area contributed by atoms with E-state index in [0.29, 0.717) is 18.4 Å². The summed E-state index contributed by atoms with van der Waals surface area (Å²) >= 11 is 0. The number of nitrogens with one attached hydrogen (secondary N) is 2. The molecule has 0 radical (unpaired) electrons. The third-order valence-electron chi connectivity index (χ3n) is 3.36. The number of amides is 1. The van der Waals surface area contributed by atoms with Gasteiger partial charge in [0.25, 0.3) is 0 Å². The van der Waals surface area contributed by atoms with Gasteiger partial charge in [0, 0.05) is 18.2 Å². The molecular formula is C15H24N2O. The molecule has 0 aliphatic rings. The van der Waals surface area contributed by atoms with Crippen LogP contribution in [-0.4, -0.2) is 13.0 Å². The highest BCUT2D eigenvalue weighted by molar-refractivity contribution is 5.90. The number of carbonyl (C=O) groups excluding carboxylic acids is 1. The summed E-state index contributed by atoms with van der Waals surface area (Å²) in [6.07, 6.45) is 1.62. The summed E-state index contributed by atoms with van der Waals surface area (Å²) in [5.74, 6) is 0.535. The van der Waals surface area contributed by atoms with E-state index in [1.807, 2.05) is 31.3 Å². The fourth-order valence-electron chi connectivity index (χ4n) is 1.69. The first-order chi connectivity index (χ1) is 8.56. The van der Waals surface area contributed by atoms with Crippen molar-refractivity contribution in [3.05, 3.63) is 29.8 Å². The quantitative estimate of drug-likeness (QED) is 0.810.